The van der Waals surface area contributed by atoms with Crippen LogP contribution in [-0.4, -0.2) is 54.1 Å². The van der Waals surface area contributed by atoms with E-state index in [0.717, 1.165) is 25.9 Å². The molecule has 0 atom stereocenters. The molecular weight excluding hydrogens is 274 g/mol. The molecule has 0 radical (unpaired) electrons. The van der Waals surface area contributed by atoms with Crippen molar-refractivity contribution < 1.29 is 14.8 Å². The van der Waals surface area contributed by atoms with Crippen molar-refractivity contribution in [2.24, 2.45) is 0 Å². The van der Waals surface area contributed by atoms with Crippen LogP contribution in [0.4, 0.5) is 11.4 Å². The van der Waals surface area contributed by atoms with Gasteiger partial charge in [0.15, 0.2) is 0 Å². The van der Waals surface area contributed by atoms with Crippen molar-refractivity contribution >= 4 is 17.3 Å². The zero-order valence-electron chi connectivity index (χ0n) is 12.2. The molecule has 0 unspecified atom stereocenters. The SMILES string of the molecule is CN1CCC(N(C)c2c(C(=O)O)cccc2[N+](=O)[O-])CC1. The third-order valence-corrected chi connectivity index (χ3v) is 4.03. The summed E-state index contributed by atoms with van der Waals surface area (Å²) in [6.07, 6.45) is 1.72. The molecule has 7 heteroatoms. The predicted octanol–water partition coefficient (Wildman–Crippen LogP) is 1.82. The van der Waals surface area contributed by atoms with Crippen LogP contribution >= 0.6 is 0 Å². The normalized spacial score (nSPS) is 16.7. The zero-order valence-corrected chi connectivity index (χ0v) is 12.2. The number of nitro groups is 1. The van der Waals surface area contributed by atoms with Gasteiger partial charge in [-0.15, -0.1) is 0 Å². The van der Waals surface area contributed by atoms with Gasteiger partial charge in [0.2, 0.25) is 0 Å². The third kappa shape index (κ3) is 3.13. The molecule has 0 bridgehead atoms. The van der Waals surface area contributed by atoms with Crippen molar-refractivity contribution in [2.75, 3.05) is 32.1 Å². The molecule has 1 N–H and O–H groups in total. The van der Waals surface area contributed by atoms with E-state index in [-0.39, 0.29) is 23.0 Å². The quantitative estimate of drug-likeness (QED) is 0.673. The van der Waals surface area contributed by atoms with Gasteiger partial charge in [-0.25, -0.2) is 4.79 Å². The highest BCUT2D eigenvalue weighted by molar-refractivity contribution is 5.97. The third-order valence-electron chi connectivity index (χ3n) is 4.03. The van der Waals surface area contributed by atoms with E-state index in [0.29, 0.717) is 0 Å². The van der Waals surface area contributed by atoms with Gasteiger partial charge in [-0.1, -0.05) is 6.07 Å². The van der Waals surface area contributed by atoms with E-state index in [1.54, 1.807) is 11.9 Å². The van der Waals surface area contributed by atoms with Crippen molar-refractivity contribution in [2.45, 2.75) is 18.9 Å². The molecule has 1 heterocycles. The summed E-state index contributed by atoms with van der Waals surface area (Å²) < 4.78 is 0. The Hall–Kier alpha value is -2.15. The molecule has 2 rings (SSSR count). The van der Waals surface area contributed by atoms with E-state index in [4.69, 9.17) is 0 Å². The fraction of sp³-hybridized carbons (Fsp3) is 0.500. The predicted molar refractivity (Wildman–Crippen MR) is 79.0 cm³/mol. The van der Waals surface area contributed by atoms with Crippen LogP contribution in [0, 0.1) is 10.1 Å². The summed E-state index contributed by atoms with van der Waals surface area (Å²) >= 11 is 0. The first-order valence-corrected chi connectivity index (χ1v) is 6.84. The van der Waals surface area contributed by atoms with E-state index in [2.05, 4.69) is 4.90 Å². The molecule has 0 aromatic heterocycles. The molecule has 21 heavy (non-hydrogen) atoms. The highest BCUT2D eigenvalue weighted by atomic mass is 16.6. The Balaban J connectivity index is 2.40. The van der Waals surface area contributed by atoms with Crippen molar-refractivity contribution in [1.29, 1.82) is 0 Å². The number of hydrogen-bond donors (Lipinski definition) is 1. The number of para-hydroxylation sites is 1. The lowest BCUT2D eigenvalue weighted by molar-refractivity contribution is -0.384. The first-order chi connectivity index (χ1) is 9.91. The number of aromatic carboxylic acids is 1. The molecule has 1 aliphatic rings. The number of carbonyl (C=O) groups is 1. The highest BCUT2D eigenvalue weighted by Crippen LogP contribution is 2.34. The summed E-state index contributed by atoms with van der Waals surface area (Å²) in [6.45, 7) is 1.80. The van der Waals surface area contributed by atoms with Crippen LogP contribution in [0.1, 0.15) is 23.2 Å². The lowest BCUT2D eigenvalue weighted by Crippen LogP contribution is -2.42. The van der Waals surface area contributed by atoms with Crippen LogP contribution in [0.5, 0.6) is 0 Å². The second kappa shape index (κ2) is 6.09. The minimum atomic E-state index is -1.14. The van der Waals surface area contributed by atoms with Gasteiger partial charge in [0.05, 0.1) is 10.5 Å². The number of benzene rings is 1. The first kappa shape index (κ1) is 15.2. The van der Waals surface area contributed by atoms with E-state index >= 15 is 0 Å². The number of nitrogens with zero attached hydrogens (tertiary/aromatic N) is 3. The van der Waals surface area contributed by atoms with E-state index in [1.165, 1.54) is 18.2 Å². The molecular formula is C14H19N3O4. The topological polar surface area (TPSA) is 86.9 Å². The first-order valence-electron chi connectivity index (χ1n) is 6.84. The molecule has 1 aliphatic heterocycles. The monoisotopic (exact) mass is 293 g/mol. The highest BCUT2D eigenvalue weighted by Gasteiger charge is 2.29. The van der Waals surface area contributed by atoms with Crippen molar-refractivity contribution in [3.05, 3.63) is 33.9 Å². The summed E-state index contributed by atoms with van der Waals surface area (Å²) in [4.78, 5) is 26.0. The summed E-state index contributed by atoms with van der Waals surface area (Å²) in [5.74, 6) is -1.14. The molecule has 114 valence electrons. The lowest BCUT2D eigenvalue weighted by Gasteiger charge is -2.36. The average molecular weight is 293 g/mol. The summed E-state index contributed by atoms with van der Waals surface area (Å²) in [6, 6.07) is 4.29. The van der Waals surface area contributed by atoms with Crippen LogP contribution < -0.4 is 4.90 Å². The summed E-state index contributed by atoms with van der Waals surface area (Å²) in [5.41, 5.74) is 0.0199. The standard InChI is InChI=1S/C14H19N3O4/c1-15-8-6-10(7-9-15)16(2)13-11(14(18)19)4-3-5-12(13)17(20)21/h3-5,10H,6-9H2,1-2H3,(H,18,19). The molecule has 0 saturated carbocycles. The maximum absolute atomic E-state index is 11.4. The van der Waals surface area contributed by atoms with Crippen molar-refractivity contribution in [3.8, 4) is 0 Å². The van der Waals surface area contributed by atoms with Gasteiger partial charge < -0.3 is 14.9 Å². The van der Waals surface area contributed by atoms with Gasteiger partial charge in [-0.05, 0) is 39.0 Å². The molecule has 1 saturated heterocycles. The van der Waals surface area contributed by atoms with E-state index in [9.17, 15) is 20.0 Å². The second-order valence-corrected chi connectivity index (χ2v) is 5.38. The van der Waals surface area contributed by atoms with Gasteiger partial charge in [-0.3, -0.25) is 10.1 Å². The number of piperidine rings is 1. The Morgan fingerprint density at radius 2 is 2.05 bits per heavy atom. The molecule has 0 amide bonds. The van der Waals surface area contributed by atoms with E-state index in [1.807, 2.05) is 7.05 Å². The maximum Gasteiger partial charge on any atom is 0.338 e. The minimum Gasteiger partial charge on any atom is -0.478 e. The van der Waals surface area contributed by atoms with Gasteiger partial charge in [0, 0.05) is 19.2 Å². The molecule has 1 aromatic carbocycles. The fourth-order valence-corrected chi connectivity index (χ4v) is 2.79. The number of carboxylic acid groups (broad SMARTS) is 1. The number of hydrogen-bond acceptors (Lipinski definition) is 5. The van der Waals surface area contributed by atoms with Gasteiger partial charge in [0.25, 0.3) is 5.69 Å². The van der Waals surface area contributed by atoms with Crippen LogP contribution in [0.15, 0.2) is 18.2 Å². The lowest BCUT2D eigenvalue weighted by atomic mass is 10.0. The number of likely N-dealkylation sites (tertiary alicyclic amines) is 1. The van der Waals surface area contributed by atoms with Crippen LogP contribution in [0.3, 0.4) is 0 Å². The Bertz CT molecular complexity index is 521. The van der Waals surface area contributed by atoms with Crippen LogP contribution in [0.25, 0.3) is 0 Å². The fourth-order valence-electron chi connectivity index (χ4n) is 2.79. The number of nitro benzene ring substituents is 1. The Labute approximate surface area is 122 Å². The van der Waals surface area contributed by atoms with E-state index < -0.39 is 10.9 Å². The molecule has 1 fully saturated rings. The van der Waals surface area contributed by atoms with Gasteiger partial charge >= 0.3 is 5.97 Å². The zero-order chi connectivity index (χ0) is 15.6. The van der Waals surface area contributed by atoms with Crippen LogP contribution in [-0.2, 0) is 0 Å². The maximum atomic E-state index is 11.4. The number of rotatable bonds is 4. The minimum absolute atomic E-state index is 0.0226. The number of anilines is 1. The van der Waals surface area contributed by atoms with Gasteiger partial charge in [-0.2, -0.15) is 0 Å². The van der Waals surface area contributed by atoms with Gasteiger partial charge in [0.1, 0.15) is 5.69 Å². The Morgan fingerprint density at radius 3 is 2.57 bits per heavy atom. The summed E-state index contributed by atoms with van der Waals surface area (Å²) in [5, 5.41) is 20.5. The Morgan fingerprint density at radius 1 is 1.43 bits per heavy atom. The molecule has 1 aromatic rings. The van der Waals surface area contributed by atoms with Crippen LogP contribution in [0.2, 0.25) is 0 Å². The second-order valence-electron chi connectivity index (χ2n) is 5.38. The average Bonchev–Trinajstić information content (AvgIpc) is 2.46. The largest absolute Gasteiger partial charge is 0.478 e. The molecule has 0 spiro atoms. The van der Waals surface area contributed by atoms with Crippen molar-refractivity contribution in [3.63, 3.8) is 0 Å². The molecule has 0 aliphatic carbocycles. The Kier molecular flexibility index (Phi) is 4.42. The van der Waals surface area contributed by atoms with Crippen molar-refractivity contribution in [1.82, 2.24) is 4.90 Å². The molecule has 7 nitrogen and oxygen atoms in total. The smallest absolute Gasteiger partial charge is 0.338 e. The number of carboxylic acids is 1. The summed E-state index contributed by atoms with van der Waals surface area (Å²) in [7, 11) is 3.77.